The number of carbonyl (C=O) groups is 1. The lowest BCUT2D eigenvalue weighted by atomic mass is 10.0. The van der Waals surface area contributed by atoms with Crippen molar-refractivity contribution in [3.8, 4) is 0 Å². The van der Waals surface area contributed by atoms with Crippen LogP contribution in [0.4, 0.5) is 4.39 Å². The summed E-state index contributed by atoms with van der Waals surface area (Å²) in [5.74, 6) is -1.50. The summed E-state index contributed by atoms with van der Waals surface area (Å²) in [7, 11) is 0. The highest BCUT2D eigenvalue weighted by Crippen LogP contribution is 2.32. The first-order chi connectivity index (χ1) is 8.56. The van der Waals surface area contributed by atoms with Gasteiger partial charge in [-0.2, -0.15) is 0 Å². The number of aryl methyl sites for hydroxylation is 1. The Hall–Kier alpha value is -1.97. The van der Waals surface area contributed by atoms with Crippen molar-refractivity contribution in [3.05, 3.63) is 40.8 Å². The molecule has 1 heterocycles. The van der Waals surface area contributed by atoms with Gasteiger partial charge in [0.05, 0.1) is 11.4 Å². The molecule has 1 aliphatic rings. The maximum atomic E-state index is 13.2. The molecule has 0 bridgehead atoms. The van der Waals surface area contributed by atoms with Crippen LogP contribution >= 0.6 is 0 Å². The van der Waals surface area contributed by atoms with Crippen LogP contribution in [0.3, 0.4) is 0 Å². The monoisotopic (exact) mass is 245 g/mol. The molecule has 1 atom stereocenters. The van der Waals surface area contributed by atoms with Gasteiger partial charge in [-0.05, 0) is 36.6 Å². The van der Waals surface area contributed by atoms with Crippen LogP contribution in [0.15, 0.2) is 18.2 Å². The number of nitrogens with zero attached hydrogens (tertiary/aromatic N) is 1. The van der Waals surface area contributed by atoms with E-state index in [0.717, 1.165) is 22.2 Å². The predicted molar refractivity (Wildman–Crippen MR) is 65.0 cm³/mol. The minimum Gasteiger partial charge on any atom is -0.481 e. The second-order valence-electron chi connectivity index (χ2n) is 4.77. The van der Waals surface area contributed by atoms with Crippen LogP contribution in [0.2, 0.25) is 0 Å². The van der Waals surface area contributed by atoms with Gasteiger partial charge in [0.25, 0.3) is 0 Å². The summed E-state index contributed by atoms with van der Waals surface area (Å²) < 4.78 is 13.2. The van der Waals surface area contributed by atoms with Gasteiger partial charge in [-0.3, -0.25) is 9.78 Å². The number of aliphatic carboxylic acids is 1. The van der Waals surface area contributed by atoms with Crippen molar-refractivity contribution in [1.29, 1.82) is 0 Å². The molecular weight excluding hydrogens is 233 g/mol. The zero-order valence-electron chi connectivity index (χ0n) is 9.90. The van der Waals surface area contributed by atoms with E-state index in [1.54, 1.807) is 6.07 Å². The number of hydrogen-bond acceptors (Lipinski definition) is 2. The highest BCUT2D eigenvalue weighted by atomic mass is 19.1. The number of halogens is 1. The lowest BCUT2D eigenvalue weighted by Gasteiger charge is -2.07. The Bertz CT molecular complexity index is 666. The van der Waals surface area contributed by atoms with Crippen molar-refractivity contribution < 1.29 is 14.3 Å². The van der Waals surface area contributed by atoms with E-state index in [2.05, 4.69) is 4.98 Å². The quantitative estimate of drug-likeness (QED) is 0.839. The van der Waals surface area contributed by atoms with Gasteiger partial charge in [-0.25, -0.2) is 4.39 Å². The van der Waals surface area contributed by atoms with Crippen molar-refractivity contribution in [2.24, 2.45) is 5.92 Å². The van der Waals surface area contributed by atoms with Crippen LogP contribution in [0.25, 0.3) is 10.9 Å². The zero-order chi connectivity index (χ0) is 12.9. The molecule has 0 saturated carbocycles. The third kappa shape index (κ3) is 1.56. The molecule has 18 heavy (non-hydrogen) atoms. The molecule has 1 aromatic carbocycles. The maximum absolute atomic E-state index is 13.2. The van der Waals surface area contributed by atoms with Crippen molar-refractivity contribution in [1.82, 2.24) is 4.98 Å². The standard InChI is InChI=1S/C14H12FNO2/c1-7-10-3-2-9(15)6-13(10)16-12-5-8(14(17)18)4-11(7)12/h2-3,6,8H,4-5H2,1H3,(H,17,18). The normalized spacial score (nSPS) is 18.0. The summed E-state index contributed by atoms with van der Waals surface area (Å²) in [5.41, 5.74) is 3.45. The predicted octanol–water partition coefficient (Wildman–Crippen LogP) is 2.48. The molecule has 1 unspecified atom stereocenters. The van der Waals surface area contributed by atoms with E-state index in [1.807, 2.05) is 6.92 Å². The highest BCUT2D eigenvalue weighted by molar-refractivity contribution is 5.84. The maximum Gasteiger partial charge on any atom is 0.307 e. The Morgan fingerprint density at radius 2 is 2.22 bits per heavy atom. The van der Waals surface area contributed by atoms with Gasteiger partial charge in [0, 0.05) is 23.6 Å². The minimum atomic E-state index is -0.789. The highest BCUT2D eigenvalue weighted by Gasteiger charge is 2.30. The van der Waals surface area contributed by atoms with Crippen LogP contribution in [0.5, 0.6) is 0 Å². The molecule has 2 aromatic rings. The van der Waals surface area contributed by atoms with Crippen molar-refractivity contribution >= 4 is 16.9 Å². The van der Waals surface area contributed by atoms with E-state index in [0.29, 0.717) is 18.4 Å². The SMILES string of the molecule is Cc1c2c(nc3cc(F)ccc13)CC(C(=O)O)C2. The minimum absolute atomic E-state index is 0.317. The first-order valence-corrected chi connectivity index (χ1v) is 5.86. The summed E-state index contributed by atoms with van der Waals surface area (Å²) in [4.78, 5) is 15.4. The Kier molecular flexibility index (Phi) is 2.33. The van der Waals surface area contributed by atoms with Crippen LogP contribution in [0.1, 0.15) is 16.8 Å². The third-order valence-electron chi connectivity index (χ3n) is 3.66. The number of aromatic nitrogens is 1. The molecule has 3 nitrogen and oxygen atoms in total. The number of carboxylic acids is 1. The van der Waals surface area contributed by atoms with Gasteiger partial charge in [0.1, 0.15) is 5.82 Å². The number of fused-ring (bicyclic) bond motifs is 2. The number of pyridine rings is 1. The van der Waals surface area contributed by atoms with E-state index >= 15 is 0 Å². The Balaban J connectivity index is 2.20. The topological polar surface area (TPSA) is 50.2 Å². The first kappa shape index (κ1) is 11.1. The molecule has 0 aliphatic heterocycles. The largest absolute Gasteiger partial charge is 0.481 e. The van der Waals surface area contributed by atoms with Crippen LogP contribution in [-0.4, -0.2) is 16.1 Å². The molecule has 0 fully saturated rings. The Labute approximate surface area is 103 Å². The van der Waals surface area contributed by atoms with Gasteiger partial charge in [0.2, 0.25) is 0 Å². The number of benzene rings is 1. The average Bonchev–Trinajstić information content (AvgIpc) is 2.73. The number of carboxylic acid groups (broad SMARTS) is 1. The molecule has 92 valence electrons. The van der Waals surface area contributed by atoms with Crippen LogP contribution in [-0.2, 0) is 17.6 Å². The van der Waals surface area contributed by atoms with E-state index in [4.69, 9.17) is 5.11 Å². The lowest BCUT2D eigenvalue weighted by Crippen LogP contribution is -2.13. The van der Waals surface area contributed by atoms with Gasteiger partial charge in [-0.1, -0.05) is 0 Å². The fraction of sp³-hybridized carbons (Fsp3) is 0.286. The van der Waals surface area contributed by atoms with E-state index in [9.17, 15) is 9.18 Å². The zero-order valence-corrected chi connectivity index (χ0v) is 9.90. The Morgan fingerprint density at radius 1 is 1.44 bits per heavy atom. The summed E-state index contributed by atoms with van der Waals surface area (Å²) in [5, 5.41) is 9.97. The van der Waals surface area contributed by atoms with Crippen molar-refractivity contribution in [3.63, 3.8) is 0 Å². The Morgan fingerprint density at radius 3 is 2.94 bits per heavy atom. The molecule has 1 aliphatic carbocycles. The van der Waals surface area contributed by atoms with E-state index < -0.39 is 11.9 Å². The molecule has 4 heteroatoms. The molecule has 0 amide bonds. The van der Waals surface area contributed by atoms with Crippen molar-refractivity contribution in [2.75, 3.05) is 0 Å². The molecule has 0 saturated heterocycles. The fourth-order valence-corrected chi connectivity index (χ4v) is 2.67. The fourth-order valence-electron chi connectivity index (χ4n) is 2.67. The summed E-state index contributed by atoms with van der Waals surface area (Å²) in [6.45, 7) is 1.95. The second kappa shape index (κ2) is 3.77. The average molecular weight is 245 g/mol. The molecule has 0 radical (unpaired) electrons. The molecular formula is C14H12FNO2. The van der Waals surface area contributed by atoms with Gasteiger partial charge >= 0.3 is 5.97 Å². The molecule has 1 aromatic heterocycles. The summed E-state index contributed by atoms with van der Waals surface area (Å²) in [6, 6.07) is 4.52. The van der Waals surface area contributed by atoms with E-state index in [1.165, 1.54) is 12.1 Å². The van der Waals surface area contributed by atoms with Crippen LogP contribution in [0, 0.1) is 18.7 Å². The lowest BCUT2D eigenvalue weighted by molar-refractivity contribution is -0.141. The van der Waals surface area contributed by atoms with Gasteiger partial charge < -0.3 is 5.11 Å². The first-order valence-electron chi connectivity index (χ1n) is 5.86. The van der Waals surface area contributed by atoms with Gasteiger partial charge in [-0.15, -0.1) is 0 Å². The number of hydrogen-bond donors (Lipinski definition) is 1. The van der Waals surface area contributed by atoms with Crippen molar-refractivity contribution in [2.45, 2.75) is 19.8 Å². The molecule has 0 spiro atoms. The summed E-state index contributed by atoms with van der Waals surface area (Å²) in [6.07, 6.45) is 0.967. The smallest absolute Gasteiger partial charge is 0.307 e. The molecule has 1 N–H and O–H groups in total. The summed E-state index contributed by atoms with van der Waals surface area (Å²) >= 11 is 0. The number of rotatable bonds is 1. The van der Waals surface area contributed by atoms with Crippen LogP contribution < -0.4 is 0 Å². The van der Waals surface area contributed by atoms with Gasteiger partial charge in [0.15, 0.2) is 0 Å². The second-order valence-corrected chi connectivity index (χ2v) is 4.77. The van der Waals surface area contributed by atoms with E-state index in [-0.39, 0.29) is 5.82 Å². The molecule has 3 rings (SSSR count). The third-order valence-corrected chi connectivity index (χ3v) is 3.66.